The van der Waals surface area contributed by atoms with Crippen molar-refractivity contribution in [1.29, 1.82) is 0 Å². The Labute approximate surface area is 207 Å². The summed E-state index contributed by atoms with van der Waals surface area (Å²) in [6, 6.07) is 12.0. The molecular formula is C25H30N4O5S. The molecule has 1 heterocycles. The van der Waals surface area contributed by atoms with Crippen molar-refractivity contribution in [3.8, 4) is 17.0 Å². The first-order valence-corrected chi connectivity index (χ1v) is 12.5. The quantitative estimate of drug-likeness (QED) is 0.531. The van der Waals surface area contributed by atoms with Gasteiger partial charge in [0.1, 0.15) is 0 Å². The molecule has 10 heteroatoms. The zero-order valence-corrected chi connectivity index (χ0v) is 20.5. The predicted molar refractivity (Wildman–Crippen MR) is 136 cm³/mol. The van der Waals surface area contributed by atoms with Gasteiger partial charge in [0.05, 0.1) is 17.7 Å². The molecule has 3 aromatic rings. The fraction of sp³-hybridized carbons (Fsp3) is 0.240. The zero-order chi connectivity index (χ0) is 25.2. The normalized spacial score (nSPS) is 12.5. The highest BCUT2D eigenvalue weighted by atomic mass is 32.2. The monoisotopic (exact) mass is 498 g/mol. The number of hydrogen-bond acceptors (Lipinski definition) is 6. The van der Waals surface area contributed by atoms with Crippen molar-refractivity contribution in [3.05, 3.63) is 71.4 Å². The molecule has 1 aromatic heterocycles. The van der Waals surface area contributed by atoms with Gasteiger partial charge in [0.2, 0.25) is 5.88 Å². The van der Waals surface area contributed by atoms with Crippen molar-refractivity contribution in [2.45, 2.75) is 24.2 Å². The van der Waals surface area contributed by atoms with Gasteiger partial charge in [-0.1, -0.05) is 12.1 Å². The van der Waals surface area contributed by atoms with Gasteiger partial charge >= 0.3 is 6.03 Å². The largest absolute Gasteiger partial charge is 0.481 e. The molecular weight excluding hydrogens is 468 g/mol. The number of carbonyl (C=O) groups excluding carboxylic acids is 2. The summed E-state index contributed by atoms with van der Waals surface area (Å²) in [5.74, 6) is 0.176. The predicted octanol–water partition coefficient (Wildman–Crippen LogP) is 3.95. The van der Waals surface area contributed by atoms with Gasteiger partial charge in [-0.05, 0) is 66.3 Å². The second-order valence-corrected chi connectivity index (χ2v) is 10.0. The summed E-state index contributed by atoms with van der Waals surface area (Å²) in [5, 5.41) is 2.77. The van der Waals surface area contributed by atoms with E-state index >= 15 is 0 Å². The third-order valence-electron chi connectivity index (χ3n) is 5.82. The van der Waals surface area contributed by atoms with Crippen LogP contribution >= 0.6 is 0 Å². The van der Waals surface area contributed by atoms with E-state index in [4.69, 9.17) is 4.74 Å². The smallest absolute Gasteiger partial charge is 0.333 e. The lowest BCUT2D eigenvalue weighted by atomic mass is 9.98. The van der Waals surface area contributed by atoms with Gasteiger partial charge < -0.3 is 15.0 Å². The Balaban J connectivity index is 0.00000241. The van der Waals surface area contributed by atoms with Gasteiger partial charge in [-0.15, -0.1) is 0 Å². The van der Waals surface area contributed by atoms with Gasteiger partial charge in [-0.3, -0.25) is 4.79 Å². The summed E-state index contributed by atoms with van der Waals surface area (Å²) >= 11 is 0. The molecule has 2 aromatic carbocycles. The first-order valence-electron chi connectivity index (χ1n) is 11.0. The van der Waals surface area contributed by atoms with Crippen LogP contribution in [0.25, 0.3) is 11.1 Å². The number of hydrogen-bond donors (Lipinski definition) is 2. The number of nitrogens with one attached hydrogen (secondary N) is 2. The van der Waals surface area contributed by atoms with Gasteiger partial charge in [-0.2, -0.15) is 0 Å². The van der Waals surface area contributed by atoms with Gasteiger partial charge in [-0.25, -0.2) is 22.9 Å². The van der Waals surface area contributed by atoms with Crippen LogP contribution in [0, 0.1) is 0 Å². The fourth-order valence-electron chi connectivity index (χ4n) is 4.09. The SMILES string of the molecule is COc1cc(-c2ccc3c(c2NC(=O)NS(=O)(=O)c2ccc(C(=O)N(C)C)cc2)CCC3)ccn1.[HH].[HH]. The summed E-state index contributed by atoms with van der Waals surface area (Å²) in [6.45, 7) is 0. The lowest BCUT2D eigenvalue weighted by molar-refractivity contribution is 0.0827. The number of methoxy groups -OCH3 is 1. The summed E-state index contributed by atoms with van der Waals surface area (Å²) in [7, 11) is 0.575. The summed E-state index contributed by atoms with van der Waals surface area (Å²) < 4.78 is 33.0. The van der Waals surface area contributed by atoms with Gasteiger partial charge in [0, 0.05) is 40.3 Å². The van der Waals surface area contributed by atoms with Crippen LogP contribution in [0.2, 0.25) is 0 Å². The lowest BCUT2D eigenvalue weighted by Gasteiger charge is -2.17. The number of urea groups is 1. The first kappa shape index (κ1) is 24.2. The number of pyridine rings is 1. The maximum Gasteiger partial charge on any atom is 0.333 e. The number of anilines is 1. The van der Waals surface area contributed by atoms with E-state index in [0.717, 1.165) is 41.5 Å². The van der Waals surface area contributed by atoms with Crippen molar-refractivity contribution >= 4 is 27.6 Å². The Morgan fingerprint density at radius 3 is 2.49 bits per heavy atom. The maximum atomic E-state index is 12.9. The zero-order valence-electron chi connectivity index (χ0n) is 19.7. The minimum Gasteiger partial charge on any atom is -0.481 e. The van der Waals surface area contributed by atoms with Crippen LogP contribution in [0.15, 0.2) is 59.6 Å². The molecule has 0 radical (unpaired) electrons. The number of rotatable bonds is 6. The number of aromatic nitrogens is 1. The number of benzene rings is 2. The van der Waals surface area contributed by atoms with Crippen LogP contribution in [0.5, 0.6) is 5.88 Å². The molecule has 1 aliphatic carbocycles. The standard InChI is InChI=1S/C25H26N4O5S.2H2/c1-29(2)24(30)17-7-10-19(11-8-17)35(32,33)28-25(31)27-23-20-6-4-5-16(20)9-12-21(23)18-13-14-26-22(15-18)34-3;;/h7-15H,4-6H2,1-3H3,(H2,27,28,31);2*1H. The molecule has 35 heavy (non-hydrogen) atoms. The molecule has 0 saturated heterocycles. The molecule has 0 aliphatic heterocycles. The third-order valence-corrected chi connectivity index (χ3v) is 7.17. The highest BCUT2D eigenvalue weighted by Crippen LogP contribution is 2.38. The van der Waals surface area contributed by atoms with Crippen molar-refractivity contribution < 1.29 is 25.6 Å². The van der Waals surface area contributed by atoms with Crippen LogP contribution in [-0.4, -0.2) is 51.4 Å². The minimum atomic E-state index is -4.16. The molecule has 0 fully saturated rings. The van der Waals surface area contributed by atoms with Crippen molar-refractivity contribution in [2.75, 3.05) is 26.5 Å². The number of fused-ring (bicyclic) bond motifs is 1. The lowest BCUT2D eigenvalue weighted by Crippen LogP contribution is -2.34. The molecule has 0 saturated carbocycles. The number of aryl methyl sites for hydroxylation is 1. The van der Waals surface area contributed by atoms with Crippen LogP contribution in [0.3, 0.4) is 0 Å². The Morgan fingerprint density at radius 2 is 1.80 bits per heavy atom. The van der Waals surface area contributed by atoms with E-state index < -0.39 is 16.1 Å². The van der Waals surface area contributed by atoms with Crippen molar-refractivity contribution in [2.24, 2.45) is 0 Å². The molecule has 0 unspecified atom stereocenters. The topological polar surface area (TPSA) is 118 Å². The summed E-state index contributed by atoms with van der Waals surface area (Å²) in [5.41, 5.74) is 4.53. The molecule has 0 atom stereocenters. The number of amides is 3. The number of ether oxygens (including phenoxy) is 1. The Kier molecular flexibility index (Phi) is 6.74. The molecule has 2 N–H and O–H groups in total. The molecule has 3 amide bonds. The van der Waals surface area contributed by atoms with Gasteiger partial charge in [0.15, 0.2) is 0 Å². The Morgan fingerprint density at radius 1 is 1.06 bits per heavy atom. The van der Waals surface area contributed by atoms with Crippen LogP contribution in [0.1, 0.15) is 30.8 Å². The highest BCUT2D eigenvalue weighted by molar-refractivity contribution is 7.90. The maximum absolute atomic E-state index is 12.9. The summed E-state index contributed by atoms with van der Waals surface area (Å²) in [6.07, 6.45) is 4.22. The second-order valence-electron chi connectivity index (χ2n) is 8.35. The molecule has 9 nitrogen and oxygen atoms in total. The number of carbonyl (C=O) groups is 2. The van der Waals surface area contributed by atoms with E-state index in [9.17, 15) is 18.0 Å². The highest BCUT2D eigenvalue weighted by Gasteiger charge is 2.23. The Bertz CT molecular complexity index is 1400. The van der Waals surface area contributed by atoms with Crippen LogP contribution < -0.4 is 14.8 Å². The van der Waals surface area contributed by atoms with Gasteiger partial charge in [0.25, 0.3) is 15.9 Å². The molecule has 0 spiro atoms. The third kappa shape index (κ3) is 5.12. The fourth-order valence-corrected chi connectivity index (χ4v) is 5.00. The molecule has 4 rings (SSSR count). The minimum absolute atomic E-state index is 0. The first-order chi connectivity index (χ1) is 16.7. The molecule has 0 bridgehead atoms. The Hall–Kier alpha value is -3.92. The van der Waals surface area contributed by atoms with E-state index in [2.05, 4.69) is 15.0 Å². The molecule has 186 valence electrons. The van der Waals surface area contributed by atoms with Crippen molar-refractivity contribution in [1.82, 2.24) is 14.6 Å². The van der Waals surface area contributed by atoms with E-state index in [1.54, 1.807) is 32.4 Å². The molecule has 1 aliphatic rings. The van der Waals surface area contributed by atoms with E-state index in [0.29, 0.717) is 17.1 Å². The van der Waals surface area contributed by atoms with Crippen LogP contribution in [-0.2, 0) is 22.9 Å². The average Bonchev–Trinajstić information content (AvgIpc) is 3.33. The number of nitrogens with zero attached hydrogens (tertiary/aromatic N) is 2. The van der Waals surface area contributed by atoms with Crippen LogP contribution in [0.4, 0.5) is 10.5 Å². The number of sulfonamides is 1. The van der Waals surface area contributed by atoms with E-state index in [1.165, 1.54) is 36.3 Å². The van der Waals surface area contributed by atoms with E-state index in [1.807, 2.05) is 12.1 Å². The van der Waals surface area contributed by atoms with E-state index in [-0.39, 0.29) is 13.7 Å². The summed E-state index contributed by atoms with van der Waals surface area (Å²) in [4.78, 5) is 30.3. The second kappa shape index (κ2) is 9.75. The average molecular weight is 499 g/mol. The van der Waals surface area contributed by atoms with Crippen molar-refractivity contribution in [3.63, 3.8) is 0 Å².